The van der Waals surface area contributed by atoms with E-state index < -0.39 is 5.92 Å². The van der Waals surface area contributed by atoms with E-state index in [9.17, 15) is 9.59 Å². The van der Waals surface area contributed by atoms with Crippen LogP contribution in [0.3, 0.4) is 0 Å². The Morgan fingerprint density at radius 3 is 2.96 bits per heavy atom. The molecule has 2 heterocycles. The van der Waals surface area contributed by atoms with Crippen molar-refractivity contribution in [3.8, 4) is 5.75 Å². The predicted octanol–water partition coefficient (Wildman–Crippen LogP) is 2.78. The Balaban J connectivity index is 1.94. The molecule has 0 radical (unpaired) electrons. The van der Waals surface area contributed by atoms with Crippen molar-refractivity contribution in [2.75, 3.05) is 13.2 Å². The van der Waals surface area contributed by atoms with E-state index in [0.717, 1.165) is 16.9 Å². The minimum absolute atomic E-state index is 0.0228. The monoisotopic (exact) mass is 329 g/mol. The lowest BCUT2D eigenvalue weighted by Crippen LogP contribution is -2.32. The predicted molar refractivity (Wildman–Crippen MR) is 89.6 cm³/mol. The fourth-order valence-corrected chi connectivity index (χ4v) is 3.61. The normalized spacial score (nSPS) is 24.1. The molecule has 5 nitrogen and oxygen atoms in total. The van der Waals surface area contributed by atoms with Gasteiger partial charge in [-0.3, -0.25) is 9.59 Å². The van der Waals surface area contributed by atoms with Gasteiger partial charge >= 0.3 is 5.97 Å². The lowest BCUT2D eigenvalue weighted by atomic mass is 9.98. The summed E-state index contributed by atoms with van der Waals surface area (Å²) in [6, 6.07) is 5.70. The minimum Gasteiger partial charge on any atom is -0.486 e. The number of fused-ring (bicyclic) bond motifs is 3. The van der Waals surface area contributed by atoms with Gasteiger partial charge in [-0.15, -0.1) is 6.58 Å². The molecule has 2 aliphatic rings. The van der Waals surface area contributed by atoms with E-state index in [-0.39, 0.29) is 24.0 Å². The number of likely N-dealkylation sites (tertiary alicyclic amines) is 1. The van der Waals surface area contributed by atoms with E-state index in [1.807, 2.05) is 25.1 Å². The van der Waals surface area contributed by atoms with Crippen LogP contribution in [0.1, 0.15) is 36.9 Å². The van der Waals surface area contributed by atoms with Gasteiger partial charge < -0.3 is 14.4 Å². The van der Waals surface area contributed by atoms with Gasteiger partial charge in [-0.1, -0.05) is 24.3 Å². The van der Waals surface area contributed by atoms with Crippen LogP contribution < -0.4 is 4.74 Å². The summed E-state index contributed by atoms with van der Waals surface area (Å²) < 4.78 is 11.3. The topological polar surface area (TPSA) is 55.8 Å². The van der Waals surface area contributed by atoms with Gasteiger partial charge in [0.25, 0.3) is 0 Å². The van der Waals surface area contributed by atoms with E-state index in [1.54, 1.807) is 17.9 Å². The first kappa shape index (κ1) is 16.6. The Labute approximate surface area is 142 Å². The molecule has 1 aromatic rings. The van der Waals surface area contributed by atoms with Gasteiger partial charge in [-0.05, 0) is 25.8 Å². The molecular weight excluding hydrogens is 306 g/mol. The molecular formula is C19H23NO4. The number of allylic oxidation sites excluding steroid dienone is 1. The van der Waals surface area contributed by atoms with Crippen LogP contribution in [0.5, 0.6) is 5.75 Å². The highest BCUT2D eigenvalue weighted by Gasteiger charge is 2.54. The van der Waals surface area contributed by atoms with Crippen molar-refractivity contribution in [1.29, 1.82) is 0 Å². The third-order valence-electron chi connectivity index (χ3n) is 4.72. The highest BCUT2D eigenvalue weighted by atomic mass is 16.5. The Hall–Kier alpha value is -2.30. The third kappa shape index (κ3) is 2.68. The number of nitrogens with zero attached hydrogens (tertiary/aromatic N) is 1. The standard InChI is InChI=1S/C19H23NO4/c1-4-6-10-15(21)20-11-14(19(22)23-5-2)18-16(20)13-9-7-8-12(3)17(13)24-18/h4,7-9,14,16,18H,1,5-6,10-11H2,2-3H3/t14-,16+,18+/m1/s1. The Morgan fingerprint density at radius 1 is 1.46 bits per heavy atom. The van der Waals surface area contributed by atoms with Crippen LogP contribution in [0.15, 0.2) is 30.9 Å². The van der Waals surface area contributed by atoms with Gasteiger partial charge in [-0.2, -0.15) is 0 Å². The van der Waals surface area contributed by atoms with Crippen molar-refractivity contribution < 1.29 is 19.1 Å². The van der Waals surface area contributed by atoms with Crippen molar-refractivity contribution in [2.45, 2.75) is 38.8 Å². The zero-order valence-corrected chi connectivity index (χ0v) is 14.2. The van der Waals surface area contributed by atoms with Gasteiger partial charge in [0.15, 0.2) is 0 Å². The second kappa shape index (κ2) is 6.67. The molecule has 2 aliphatic heterocycles. The van der Waals surface area contributed by atoms with Gasteiger partial charge in [0.05, 0.1) is 12.6 Å². The van der Waals surface area contributed by atoms with Crippen molar-refractivity contribution in [2.24, 2.45) is 5.92 Å². The van der Waals surface area contributed by atoms with Crippen LogP contribution in [0.2, 0.25) is 0 Å². The summed E-state index contributed by atoms with van der Waals surface area (Å²) in [7, 11) is 0. The molecule has 0 aromatic heterocycles. The molecule has 3 atom stereocenters. The fraction of sp³-hybridized carbons (Fsp3) is 0.474. The average molecular weight is 329 g/mol. The number of hydrogen-bond acceptors (Lipinski definition) is 4. The fourth-order valence-electron chi connectivity index (χ4n) is 3.61. The summed E-state index contributed by atoms with van der Waals surface area (Å²) >= 11 is 0. The zero-order valence-electron chi connectivity index (χ0n) is 14.2. The molecule has 1 aromatic carbocycles. The summed E-state index contributed by atoms with van der Waals surface area (Å²) in [5, 5.41) is 0. The Kier molecular flexibility index (Phi) is 4.60. The molecule has 0 N–H and O–H groups in total. The maximum Gasteiger partial charge on any atom is 0.314 e. The van der Waals surface area contributed by atoms with Crippen LogP contribution in [-0.4, -0.2) is 36.0 Å². The summed E-state index contributed by atoms with van der Waals surface area (Å²) in [4.78, 5) is 26.8. The number of hydrogen-bond donors (Lipinski definition) is 0. The van der Waals surface area contributed by atoms with E-state index in [0.29, 0.717) is 26.0 Å². The molecule has 0 aliphatic carbocycles. The SMILES string of the molecule is C=CCCC(=O)N1C[C@@H](C(=O)OCC)[C@@H]2Oc3c(C)cccc3[C@@H]21. The van der Waals surface area contributed by atoms with Crippen LogP contribution in [-0.2, 0) is 14.3 Å². The highest BCUT2D eigenvalue weighted by molar-refractivity contribution is 5.81. The number of rotatable bonds is 5. The molecule has 1 amide bonds. The largest absolute Gasteiger partial charge is 0.486 e. The number of benzene rings is 1. The quantitative estimate of drug-likeness (QED) is 0.616. The number of ether oxygens (including phenoxy) is 2. The maximum absolute atomic E-state index is 12.6. The first-order valence-electron chi connectivity index (χ1n) is 8.41. The smallest absolute Gasteiger partial charge is 0.314 e. The van der Waals surface area contributed by atoms with Crippen LogP contribution in [0, 0.1) is 12.8 Å². The molecule has 1 fully saturated rings. The third-order valence-corrected chi connectivity index (χ3v) is 4.72. The van der Waals surface area contributed by atoms with Crippen molar-refractivity contribution in [1.82, 2.24) is 4.90 Å². The molecule has 1 saturated heterocycles. The van der Waals surface area contributed by atoms with E-state index in [4.69, 9.17) is 9.47 Å². The molecule has 0 bridgehead atoms. The van der Waals surface area contributed by atoms with Crippen molar-refractivity contribution >= 4 is 11.9 Å². The summed E-state index contributed by atoms with van der Waals surface area (Å²) in [6.07, 6.45) is 2.38. The van der Waals surface area contributed by atoms with Crippen molar-refractivity contribution in [3.05, 3.63) is 42.0 Å². The first-order chi connectivity index (χ1) is 11.6. The number of para-hydroxylation sites is 1. The summed E-state index contributed by atoms with van der Waals surface area (Å²) in [6.45, 7) is 8.10. The lowest BCUT2D eigenvalue weighted by Gasteiger charge is -2.23. The number of carbonyl (C=O) groups excluding carboxylic acids is 2. The molecule has 0 spiro atoms. The molecule has 3 rings (SSSR count). The molecule has 128 valence electrons. The molecule has 0 saturated carbocycles. The van der Waals surface area contributed by atoms with E-state index in [1.165, 1.54) is 0 Å². The molecule has 0 unspecified atom stereocenters. The minimum atomic E-state index is -0.450. The van der Waals surface area contributed by atoms with E-state index >= 15 is 0 Å². The first-order valence-corrected chi connectivity index (χ1v) is 8.41. The second-order valence-corrected chi connectivity index (χ2v) is 6.25. The van der Waals surface area contributed by atoms with E-state index in [2.05, 4.69) is 6.58 Å². The van der Waals surface area contributed by atoms with Gasteiger partial charge in [0.1, 0.15) is 17.8 Å². The van der Waals surface area contributed by atoms with Crippen LogP contribution in [0.4, 0.5) is 0 Å². The van der Waals surface area contributed by atoms with Crippen LogP contribution >= 0.6 is 0 Å². The zero-order chi connectivity index (χ0) is 17.3. The molecule has 5 heteroatoms. The van der Waals surface area contributed by atoms with Gasteiger partial charge in [0, 0.05) is 18.5 Å². The summed E-state index contributed by atoms with van der Waals surface area (Å²) in [5.74, 6) is 0.0732. The summed E-state index contributed by atoms with van der Waals surface area (Å²) in [5.41, 5.74) is 2.00. The number of carbonyl (C=O) groups is 2. The van der Waals surface area contributed by atoms with Gasteiger partial charge in [-0.25, -0.2) is 0 Å². The average Bonchev–Trinajstić information content (AvgIpc) is 3.11. The Morgan fingerprint density at radius 2 is 2.25 bits per heavy atom. The number of aryl methyl sites for hydroxylation is 1. The second-order valence-electron chi connectivity index (χ2n) is 6.25. The Bertz CT molecular complexity index is 669. The van der Waals surface area contributed by atoms with Crippen molar-refractivity contribution in [3.63, 3.8) is 0 Å². The van der Waals surface area contributed by atoms with Gasteiger partial charge in [0.2, 0.25) is 5.91 Å². The lowest BCUT2D eigenvalue weighted by molar-refractivity contribution is -0.149. The number of amides is 1. The number of esters is 1. The van der Waals surface area contributed by atoms with Crippen LogP contribution in [0.25, 0.3) is 0 Å². The highest BCUT2D eigenvalue weighted by Crippen LogP contribution is 2.49. The maximum atomic E-state index is 12.6. The molecule has 24 heavy (non-hydrogen) atoms.